The molecular weight excluding hydrogens is 544 g/mol. The van der Waals surface area contributed by atoms with Gasteiger partial charge in [0.2, 0.25) is 0 Å². The van der Waals surface area contributed by atoms with Crippen LogP contribution in [0.1, 0.15) is 52.4 Å². The third-order valence-electron chi connectivity index (χ3n) is 7.05. The summed E-state index contributed by atoms with van der Waals surface area (Å²) < 4.78 is 26.3. The van der Waals surface area contributed by atoms with Gasteiger partial charge in [-0.05, 0) is 52.4 Å². The second-order valence-corrected chi connectivity index (χ2v) is 10.3. The molecule has 0 aromatic heterocycles. The van der Waals surface area contributed by atoms with Gasteiger partial charge in [0.1, 0.15) is 26.4 Å². The van der Waals surface area contributed by atoms with E-state index in [9.17, 15) is 39.0 Å². The van der Waals surface area contributed by atoms with E-state index in [2.05, 4.69) is 13.2 Å². The van der Waals surface area contributed by atoms with Gasteiger partial charge in [-0.1, -0.05) is 13.2 Å². The summed E-state index contributed by atoms with van der Waals surface area (Å²) in [7, 11) is 0. The van der Waals surface area contributed by atoms with Gasteiger partial charge in [-0.25, -0.2) is 9.59 Å². The first-order valence-corrected chi connectivity index (χ1v) is 13.4. The van der Waals surface area contributed by atoms with E-state index in [1.54, 1.807) is 0 Å². The average molecular weight is 583 g/mol. The van der Waals surface area contributed by atoms with Gasteiger partial charge in [-0.15, -0.1) is 0 Å². The van der Waals surface area contributed by atoms with Crippen LogP contribution in [0.4, 0.5) is 0 Å². The molecular formula is C28H38O13. The van der Waals surface area contributed by atoms with Crippen LogP contribution >= 0.6 is 0 Å². The van der Waals surface area contributed by atoms with E-state index in [-0.39, 0.29) is 63.3 Å². The van der Waals surface area contributed by atoms with Gasteiger partial charge in [0, 0.05) is 11.1 Å². The molecule has 41 heavy (non-hydrogen) atoms. The Bertz CT molecular complexity index is 952. The number of aliphatic carboxylic acids is 2. The lowest BCUT2D eigenvalue weighted by Crippen LogP contribution is -2.43. The van der Waals surface area contributed by atoms with Gasteiger partial charge in [0.15, 0.2) is 0 Å². The van der Waals surface area contributed by atoms with E-state index < -0.39 is 71.7 Å². The number of hydrogen-bond acceptors (Lipinski definition) is 11. The number of ether oxygens (including phenoxy) is 5. The monoisotopic (exact) mass is 582 g/mol. The lowest BCUT2D eigenvalue weighted by Gasteiger charge is -2.38. The summed E-state index contributed by atoms with van der Waals surface area (Å²) in [4.78, 5) is 72.0. The number of esters is 4. The first-order chi connectivity index (χ1) is 19.3. The van der Waals surface area contributed by atoms with Crippen molar-refractivity contribution >= 4 is 35.8 Å². The van der Waals surface area contributed by atoms with Gasteiger partial charge in [-0.2, -0.15) is 0 Å². The van der Waals surface area contributed by atoms with E-state index >= 15 is 0 Å². The van der Waals surface area contributed by atoms with Crippen molar-refractivity contribution in [3.8, 4) is 0 Å². The highest BCUT2D eigenvalue weighted by atomic mass is 16.6. The summed E-state index contributed by atoms with van der Waals surface area (Å²) in [5.74, 6) is -9.02. The molecule has 0 amide bonds. The second-order valence-electron chi connectivity index (χ2n) is 10.3. The molecule has 0 heterocycles. The smallest absolute Gasteiger partial charge is 0.333 e. The van der Waals surface area contributed by atoms with Crippen molar-refractivity contribution in [3.05, 3.63) is 24.3 Å². The van der Waals surface area contributed by atoms with Gasteiger partial charge in [0.05, 0.1) is 35.9 Å². The predicted molar refractivity (Wildman–Crippen MR) is 139 cm³/mol. The maximum atomic E-state index is 12.7. The Labute approximate surface area is 237 Å². The van der Waals surface area contributed by atoms with Crippen molar-refractivity contribution in [3.63, 3.8) is 0 Å². The van der Waals surface area contributed by atoms with Crippen molar-refractivity contribution in [1.82, 2.24) is 0 Å². The minimum atomic E-state index is -1.14. The van der Waals surface area contributed by atoms with Gasteiger partial charge in [0.25, 0.3) is 0 Å². The summed E-state index contributed by atoms with van der Waals surface area (Å²) in [6.45, 7) is 8.93. The number of carboxylic acid groups (broad SMARTS) is 2. The van der Waals surface area contributed by atoms with E-state index in [0.717, 1.165) is 0 Å². The van der Waals surface area contributed by atoms with E-state index in [1.165, 1.54) is 13.8 Å². The Morgan fingerprint density at radius 1 is 0.585 bits per heavy atom. The SMILES string of the molecule is C=C(C)C(=O)OCCOC(=O)C1CC(OC2CCC(C(=O)O)C(C(=O)OCCOC(=O)C(=C)C)C2)CCC1C(=O)O. The van der Waals surface area contributed by atoms with Crippen LogP contribution in [-0.4, -0.2) is 84.7 Å². The van der Waals surface area contributed by atoms with Gasteiger partial charge in [-0.3, -0.25) is 19.2 Å². The molecule has 0 radical (unpaired) electrons. The first-order valence-electron chi connectivity index (χ1n) is 13.4. The number of rotatable bonds is 14. The average Bonchev–Trinajstić information content (AvgIpc) is 2.92. The number of hydrogen-bond donors (Lipinski definition) is 2. The van der Waals surface area contributed by atoms with Crippen LogP contribution in [0.15, 0.2) is 24.3 Å². The van der Waals surface area contributed by atoms with E-state index in [1.807, 2.05) is 0 Å². The van der Waals surface area contributed by atoms with Crippen molar-refractivity contribution in [2.45, 2.75) is 64.6 Å². The quantitative estimate of drug-likeness (QED) is 0.131. The van der Waals surface area contributed by atoms with Crippen LogP contribution in [0, 0.1) is 23.7 Å². The third kappa shape index (κ3) is 10.3. The number of carboxylic acids is 2. The zero-order valence-electron chi connectivity index (χ0n) is 23.3. The first kappa shape index (κ1) is 33.5. The topological polar surface area (TPSA) is 189 Å². The molecule has 0 aromatic carbocycles. The van der Waals surface area contributed by atoms with E-state index in [0.29, 0.717) is 12.8 Å². The zero-order chi connectivity index (χ0) is 30.7. The molecule has 2 rings (SSSR count). The lowest BCUT2D eigenvalue weighted by molar-refractivity contribution is -0.170. The minimum absolute atomic E-state index is 0.0589. The van der Waals surface area contributed by atoms with Crippen molar-refractivity contribution in [1.29, 1.82) is 0 Å². The van der Waals surface area contributed by atoms with Crippen LogP contribution in [0.5, 0.6) is 0 Å². The molecule has 0 saturated heterocycles. The van der Waals surface area contributed by atoms with E-state index in [4.69, 9.17) is 23.7 Å². The van der Waals surface area contributed by atoms with Crippen LogP contribution in [0.25, 0.3) is 0 Å². The van der Waals surface area contributed by atoms with Crippen LogP contribution < -0.4 is 0 Å². The van der Waals surface area contributed by atoms with Crippen molar-refractivity contribution in [2.24, 2.45) is 23.7 Å². The van der Waals surface area contributed by atoms with Crippen LogP contribution in [0.2, 0.25) is 0 Å². The Balaban J connectivity index is 1.95. The number of carbonyl (C=O) groups is 6. The lowest BCUT2D eigenvalue weighted by atomic mass is 9.76. The van der Waals surface area contributed by atoms with Crippen molar-refractivity contribution < 1.29 is 62.7 Å². The Morgan fingerprint density at radius 3 is 1.24 bits per heavy atom. The summed E-state index contributed by atoms with van der Waals surface area (Å²) in [5.41, 5.74) is 0.373. The Hall–Kier alpha value is -3.74. The molecule has 2 aliphatic rings. The summed E-state index contributed by atoms with van der Waals surface area (Å²) in [6.07, 6.45) is 0.0835. The molecule has 6 unspecified atom stereocenters. The fraction of sp³-hybridized carbons (Fsp3) is 0.643. The summed E-state index contributed by atoms with van der Waals surface area (Å²) in [6, 6.07) is 0. The standard InChI is InChI=1S/C28H38O13/c1-15(2)25(33)37-9-11-39-27(35)21-13-17(5-7-19(21)23(29)30)41-18-6-8-20(24(31)32)22(14-18)28(36)40-12-10-38-26(34)16(3)4/h17-22H,1,3,5-14H2,2,4H3,(H,29,30)(H,31,32). The number of carbonyl (C=O) groups excluding carboxylic acids is 4. The fourth-order valence-corrected chi connectivity index (χ4v) is 4.91. The maximum Gasteiger partial charge on any atom is 0.333 e. The molecule has 6 atom stereocenters. The molecule has 2 N–H and O–H groups in total. The second kappa shape index (κ2) is 15.9. The normalized spacial score (nSPS) is 25.7. The Kier molecular flexibility index (Phi) is 13.0. The molecule has 0 aliphatic heterocycles. The molecule has 0 bridgehead atoms. The Morgan fingerprint density at radius 2 is 0.927 bits per heavy atom. The summed E-state index contributed by atoms with van der Waals surface area (Å²) >= 11 is 0. The van der Waals surface area contributed by atoms with Gasteiger partial charge >= 0.3 is 35.8 Å². The van der Waals surface area contributed by atoms with Crippen molar-refractivity contribution in [2.75, 3.05) is 26.4 Å². The molecule has 0 spiro atoms. The molecule has 13 heteroatoms. The molecule has 0 aromatic rings. The van der Waals surface area contributed by atoms with Gasteiger partial charge < -0.3 is 33.9 Å². The molecule has 228 valence electrons. The van der Waals surface area contributed by atoms with Crippen LogP contribution in [0.3, 0.4) is 0 Å². The molecule has 2 saturated carbocycles. The molecule has 2 fully saturated rings. The zero-order valence-corrected chi connectivity index (χ0v) is 23.3. The molecule has 2 aliphatic carbocycles. The maximum absolute atomic E-state index is 12.7. The predicted octanol–water partition coefficient (Wildman–Crippen LogP) is 2.07. The minimum Gasteiger partial charge on any atom is -0.481 e. The highest BCUT2D eigenvalue weighted by Crippen LogP contribution is 2.38. The highest BCUT2D eigenvalue weighted by Gasteiger charge is 2.44. The largest absolute Gasteiger partial charge is 0.481 e. The van der Waals surface area contributed by atoms with Crippen LogP contribution in [-0.2, 0) is 52.5 Å². The summed E-state index contributed by atoms with van der Waals surface area (Å²) in [5, 5.41) is 19.3. The fourth-order valence-electron chi connectivity index (χ4n) is 4.91. The highest BCUT2D eigenvalue weighted by molar-refractivity contribution is 5.87. The third-order valence-corrected chi connectivity index (χ3v) is 7.05. The molecule has 13 nitrogen and oxygen atoms in total.